The van der Waals surface area contributed by atoms with E-state index in [0.717, 1.165) is 16.5 Å². The van der Waals surface area contributed by atoms with Crippen molar-refractivity contribution in [2.75, 3.05) is 0 Å². The zero-order valence-electron chi connectivity index (χ0n) is 10.8. The lowest BCUT2D eigenvalue weighted by atomic mass is 10.1. The molecule has 0 aliphatic rings. The Kier molecular flexibility index (Phi) is 4.87. The number of rotatable bonds is 5. The molecular weight excluding hydrogens is 322 g/mol. The molecule has 0 fully saturated rings. The third-order valence-corrected chi connectivity index (χ3v) is 3.49. The minimum Gasteiger partial charge on any atom is -0.504 e. The first kappa shape index (κ1) is 14.7. The quantitative estimate of drug-likeness (QED) is 0.445. The topological polar surface area (TPSA) is 75.7 Å². The zero-order chi connectivity index (χ0) is 14.5. The number of nitrogens with two attached hydrogens (primary N) is 1. The number of ether oxygens (including phenoxy) is 1. The number of benzene rings is 2. The smallest absolute Gasteiger partial charge is 0.157 e. The van der Waals surface area contributed by atoms with Crippen LogP contribution in [0.25, 0.3) is 0 Å². The summed E-state index contributed by atoms with van der Waals surface area (Å²) in [5.41, 5.74) is 7.88. The first-order chi connectivity index (χ1) is 9.58. The molecule has 0 amide bonds. The molecule has 2 aromatic carbocycles. The first-order valence-electron chi connectivity index (χ1n) is 6.16. The first-order valence-corrected chi connectivity index (χ1v) is 7.28. The van der Waals surface area contributed by atoms with E-state index in [0.29, 0.717) is 12.2 Å². The van der Waals surface area contributed by atoms with E-state index in [1.54, 1.807) is 6.07 Å². The second kappa shape index (κ2) is 6.63. The van der Waals surface area contributed by atoms with Crippen LogP contribution in [-0.2, 0) is 11.8 Å². The maximum absolute atomic E-state index is 9.42. The monoisotopic (exact) mass is 337 g/mol. The molecule has 4 nitrogen and oxygen atoms in total. The zero-order valence-corrected chi connectivity index (χ0v) is 12.4. The summed E-state index contributed by atoms with van der Waals surface area (Å²) in [6, 6.07) is 12.3. The van der Waals surface area contributed by atoms with Crippen LogP contribution in [0.4, 0.5) is 0 Å². The van der Waals surface area contributed by atoms with E-state index < -0.39 is 6.23 Å². The van der Waals surface area contributed by atoms with E-state index in [-0.39, 0.29) is 11.5 Å². The molecule has 2 rings (SSSR count). The number of alkyl halides is 1. The molecule has 0 heterocycles. The maximum atomic E-state index is 9.42. The summed E-state index contributed by atoms with van der Waals surface area (Å²) in [6.07, 6.45) is -0.0811. The van der Waals surface area contributed by atoms with Crippen molar-refractivity contribution in [2.45, 2.75) is 18.0 Å². The number of hydrogen-bond donors (Lipinski definition) is 3. The molecule has 5 heteroatoms. The Morgan fingerprint density at radius 3 is 2.25 bits per heavy atom. The van der Waals surface area contributed by atoms with Crippen molar-refractivity contribution in [2.24, 2.45) is 5.73 Å². The summed E-state index contributed by atoms with van der Waals surface area (Å²) in [5, 5.41) is 19.5. The van der Waals surface area contributed by atoms with Gasteiger partial charge in [0, 0.05) is 11.8 Å². The van der Waals surface area contributed by atoms with E-state index in [2.05, 4.69) is 15.9 Å². The van der Waals surface area contributed by atoms with Crippen LogP contribution in [-0.4, -0.2) is 16.4 Å². The van der Waals surface area contributed by atoms with Gasteiger partial charge in [0.15, 0.2) is 17.7 Å². The Hall–Kier alpha value is -1.72. The second-order valence-corrected chi connectivity index (χ2v) is 5.02. The molecule has 0 spiro atoms. The van der Waals surface area contributed by atoms with Crippen LogP contribution >= 0.6 is 15.9 Å². The number of hydrogen-bond acceptors (Lipinski definition) is 4. The predicted octanol–water partition coefficient (Wildman–Crippen LogP) is 2.90. The van der Waals surface area contributed by atoms with Crippen molar-refractivity contribution in [3.8, 4) is 17.2 Å². The summed E-state index contributed by atoms with van der Waals surface area (Å²) in [7, 11) is 0. The SMILES string of the molecule is NC(Cc1ccc(O)c(O)c1)Oc1ccc(CBr)cc1. The molecule has 0 radical (unpaired) electrons. The van der Waals surface area contributed by atoms with Crippen LogP contribution in [0.5, 0.6) is 17.2 Å². The van der Waals surface area contributed by atoms with Gasteiger partial charge in [-0.1, -0.05) is 34.1 Å². The maximum Gasteiger partial charge on any atom is 0.157 e. The van der Waals surface area contributed by atoms with Crippen molar-refractivity contribution in [3.63, 3.8) is 0 Å². The Balaban J connectivity index is 1.97. The van der Waals surface area contributed by atoms with Gasteiger partial charge in [0.25, 0.3) is 0 Å². The highest BCUT2D eigenvalue weighted by atomic mass is 79.9. The number of aromatic hydroxyl groups is 2. The van der Waals surface area contributed by atoms with Gasteiger partial charge in [-0.05, 0) is 35.4 Å². The van der Waals surface area contributed by atoms with Crippen molar-refractivity contribution in [3.05, 3.63) is 53.6 Å². The van der Waals surface area contributed by atoms with Crippen LogP contribution in [0.1, 0.15) is 11.1 Å². The molecule has 1 atom stereocenters. The minimum atomic E-state index is -0.520. The molecule has 1 unspecified atom stereocenters. The number of halogens is 1. The Morgan fingerprint density at radius 2 is 1.65 bits per heavy atom. The highest BCUT2D eigenvalue weighted by molar-refractivity contribution is 9.08. The molecule has 0 saturated heterocycles. The molecule has 0 aliphatic heterocycles. The van der Waals surface area contributed by atoms with E-state index in [9.17, 15) is 10.2 Å². The lowest BCUT2D eigenvalue weighted by molar-refractivity contribution is 0.209. The van der Waals surface area contributed by atoms with E-state index in [1.807, 2.05) is 24.3 Å². The van der Waals surface area contributed by atoms with Gasteiger partial charge in [0.1, 0.15) is 5.75 Å². The van der Waals surface area contributed by atoms with Crippen LogP contribution in [0.15, 0.2) is 42.5 Å². The Labute approximate surface area is 125 Å². The average Bonchev–Trinajstić information content (AvgIpc) is 2.44. The third-order valence-electron chi connectivity index (χ3n) is 2.84. The Morgan fingerprint density at radius 1 is 1.00 bits per heavy atom. The van der Waals surface area contributed by atoms with Crippen molar-refractivity contribution in [1.29, 1.82) is 0 Å². The largest absolute Gasteiger partial charge is 0.504 e. The highest BCUT2D eigenvalue weighted by Crippen LogP contribution is 2.25. The Bertz CT molecular complexity index is 572. The van der Waals surface area contributed by atoms with Gasteiger partial charge in [-0.2, -0.15) is 0 Å². The van der Waals surface area contributed by atoms with Gasteiger partial charge in [-0.3, -0.25) is 5.73 Å². The van der Waals surface area contributed by atoms with Crippen LogP contribution in [0.2, 0.25) is 0 Å². The lowest BCUT2D eigenvalue weighted by Gasteiger charge is -2.15. The fourth-order valence-corrected chi connectivity index (χ4v) is 2.18. The van der Waals surface area contributed by atoms with Gasteiger partial charge in [-0.15, -0.1) is 0 Å². The second-order valence-electron chi connectivity index (χ2n) is 4.46. The van der Waals surface area contributed by atoms with Crippen molar-refractivity contribution < 1.29 is 14.9 Å². The van der Waals surface area contributed by atoms with Gasteiger partial charge < -0.3 is 14.9 Å². The molecule has 0 aliphatic carbocycles. The van der Waals surface area contributed by atoms with E-state index in [4.69, 9.17) is 10.5 Å². The average molecular weight is 338 g/mol. The van der Waals surface area contributed by atoms with Crippen LogP contribution < -0.4 is 10.5 Å². The summed E-state index contributed by atoms with van der Waals surface area (Å²) < 4.78 is 5.61. The normalized spacial score (nSPS) is 12.1. The molecule has 0 saturated carbocycles. The van der Waals surface area contributed by atoms with Crippen molar-refractivity contribution >= 4 is 15.9 Å². The van der Waals surface area contributed by atoms with Gasteiger partial charge in [0.05, 0.1) is 0 Å². The summed E-state index contributed by atoms with van der Waals surface area (Å²) in [4.78, 5) is 0. The summed E-state index contributed by atoms with van der Waals surface area (Å²) >= 11 is 3.38. The predicted molar refractivity (Wildman–Crippen MR) is 81.2 cm³/mol. The van der Waals surface area contributed by atoms with Gasteiger partial charge >= 0.3 is 0 Å². The molecule has 106 valence electrons. The molecule has 4 N–H and O–H groups in total. The fourth-order valence-electron chi connectivity index (χ4n) is 1.80. The molecule has 2 aromatic rings. The molecular formula is C15H16BrNO3. The lowest BCUT2D eigenvalue weighted by Crippen LogP contribution is -2.29. The van der Waals surface area contributed by atoms with Crippen LogP contribution in [0, 0.1) is 0 Å². The summed E-state index contributed by atoms with van der Waals surface area (Å²) in [6.45, 7) is 0. The number of phenols is 2. The summed E-state index contributed by atoms with van der Waals surface area (Å²) in [5.74, 6) is 0.398. The van der Waals surface area contributed by atoms with E-state index >= 15 is 0 Å². The van der Waals surface area contributed by atoms with Crippen LogP contribution in [0.3, 0.4) is 0 Å². The number of phenolic OH excluding ortho intramolecular Hbond substituents is 2. The molecule has 20 heavy (non-hydrogen) atoms. The van der Waals surface area contributed by atoms with E-state index in [1.165, 1.54) is 12.1 Å². The third kappa shape index (κ3) is 3.88. The molecule has 0 aromatic heterocycles. The van der Waals surface area contributed by atoms with Gasteiger partial charge in [0.2, 0.25) is 0 Å². The molecule has 0 bridgehead atoms. The highest BCUT2D eigenvalue weighted by Gasteiger charge is 2.08. The fraction of sp³-hybridized carbons (Fsp3) is 0.200. The standard InChI is InChI=1S/C15H16BrNO3/c16-9-10-1-4-12(5-2-10)20-15(17)8-11-3-6-13(18)14(19)7-11/h1-7,15,18-19H,8-9,17H2. The van der Waals surface area contributed by atoms with Gasteiger partial charge in [-0.25, -0.2) is 0 Å². The van der Waals surface area contributed by atoms with Crippen molar-refractivity contribution in [1.82, 2.24) is 0 Å². The minimum absolute atomic E-state index is 0.145.